The predicted octanol–water partition coefficient (Wildman–Crippen LogP) is 1.98. The van der Waals surface area contributed by atoms with Gasteiger partial charge in [-0.2, -0.15) is 0 Å². The molecule has 1 saturated carbocycles. The summed E-state index contributed by atoms with van der Waals surface area (Å²) in [5.74, 6) is 0.861. The molecule has 108 valence electrons. The van der Waals surface area contributed by atoms with Gasteiger partial charge in [0.25, 0.3) is 0 Å². The quantitative estimate of drug-likeness (QED) is 0.686. The molecule has 1 aromatic rings. The highest BCUT2D eigenvalue weighted by molar-refractivity contribution is 7.91. The Morgan fingerprint density at radius 2 is 2.11 bits per heavy atom. The SMILES string of the molecule is CNCCc1ccc(S(=O)(=O)NCCCC2CC2)s1. The molecule has 0 spiro atoms. The zero-order chi connectivity index (χ0) is 13.7. The molecule has 0 radical (unpaired) electrons. The molecular weight excluding hydrogens is 280 g/mol. The number of hydrogen-bond donors (Lipinski definition) is 2. The lowest BCUT2D eigenvalue weighted by atomic mass is 10.2. The summed E-state index contributed by atoms with van der Waals surface area (Å²) in [5, 5.41) is 3.06. The third kappa shape index (κ3) is 4.87. The zero-order valence-electron chi connectivity index (χ0n) is 11.3. The van der Waals surface area contributed by atoms with Gasteiger partial charge in [0, 0.05) is 11.4 Å². The van der Waals surface area contributed by atoms with Gasteiger partial charge < -0.3 is 5.32 Å². The molecule has 1 aromatic heterocycles. The van der Waals surface area contributed by atoms with Crippen LogP contribution in [0.15, 0.2) is 16.3 Å². The van der Waals surface area contributed by atoms with Gasteiger partial charge in [0.2, 0.25) is 10.0 Å². The summed E-state index contributed by atoms with van der Waals surface area (Å²) in [4.78, 5) is 1.10. The summed E-state index contributed by atoms with van der Waals surface area (Å²) in [6, 6.07) is 3.61. The van der Waals surface area contributed by atoms with E-state index in [1.54, 1.807) is 6.07 Å². The summed E-state index contributed by atoms with van der Waals surface area (Å²) in [6.45, 7) is 1.43. The van der Waals surface area contributed by atoms with Crippen LogP contribution < -0.4 is 10.0 Å². The van der Waals surface area contributed by atoms with Crippen LogP contribution in [0.3, 0.4) is 0 Å². The highest BCUT2D eigenvalue weighted by Gasteiger charge is 2.21. The van der Waals surface area contributed by atoms with Crippen LogP contribution in [-0.2, 0) is 16.4 Å². The maximum absolute atomic E-state index is 12.1. The number of hydrogen-bond acceptors (Lipinski definition) is 4. The maximum atomic E-state index is 12.1. The van der Waals surface area contributed by atoms with E-state index in [1.165, 1.54) is 24.2 Å². The first-order valence-electron chi connectivity index (χ1n) is 6.85. The van der Waals surface area contributed by atoms with Crippen LogP contribution in [0.1, 0.15) is 30.6 Å². The smallest absolute Gasteiger partial charge is 0.250 e. The van der Waals surface area contributed by atoms with Gasteiger partial charge >= 0.3 is 0 Å². The third-order valence-electron chi connectivity index (χ3n) is 3.30. The van der Waals surface area contributed by atoms with Crippen LogP contribution in [0.2, 0.25) is 0 Å². The van der Waals surface area contributed by atoms with Crippen molar-refractivity contribution in [1.82, 2.24) is 10.0 Å². The van der Waals surface area contributed by atoms with E-state index < -0.39 is 10.0 Å². The van der Waals surface area contributed by atoms with Crippen molar-refractivity contribution in [2.45, 2.75) is 36.3 Å². The molecule has 2 rings (SSSR count). The van der Waals surface area contributed by atoms with E-state index in [2.05, 4.69) is 10.0 Å². The highest BCUT2D eigenvalue weighted by atomic mass is 32.2. The molecule has 19 heavy (non-hydrogen) atoms. The lowest BCUT2D eigenvalue weighted by Crippen LogP contribution is -2.24. The van der Waals surface area contributed by atoms with Crippen molar-refractivity contribution < 1.29 is 8.42 Å². The summed E-state index contributed by atoms with van der Waals surface area (Å²) in [7, 11) is -1.40. The maximum Gasteiger partial charge on any atom is 0.250 e. The van der Waals surface area contributed by atoms with Gasteiger partial charge in [0.15, 0.2) is 0 Å². The fourth-order valence-corrected chi connectivity index (χ4v) is 4.43. The van der Waals surface area contributed by atoms with Crippen molar-refractivity contribution >= 4 is 21.4 Å². The Labute approximate surface area is 119 Å². The average molecular weight is 302 g/mol. The summed E-state index contributed by atoms with van der Waals surface area (Å²) < 4.78 is 27.3. The van der Waals surface area contributed by atoms with Gasteiger partial charge in [0.05, 0.1) is 0 Å². The van der Waals surface area contributed by atoms with Gasteiger partial charge in [-0.1, -0.05) is 12.8 Å². The Hall–Kier alpha value is -0.430. The fourth-order valence-electron chi connectivity index (χ4n) is 1.96. The number of rotatable bonds is 9. The molecule has 2 N–H and O–H groups in total. The zero-order valence-corrected chi connectivity index (χ0v) is 12.9. The molecule has 0 amide bonds. The number of thiophene rings is 1. The van der Waals surface area contributed by atoms with Crippen molar-refractivity contribution in [2.24, 2.45) is 5.92 Å². The average Bonchev–Trinajstić information content (AvgIpc) is 3.08. The summed E-state index contributed by atoms with van der Waals surface area (Å²) in [5.41, 5.74) is 0. The molecule has 0 unspecified atom stereocenters. The lowest BCUT2D eigenvalue weighted by Gasteiger charge is -2.04. The number of sulfonamides is 1. The highest BCUT2D eigenvalue weighted by Crippen LogP contribution is 2.33. The van der Waals surface area contributed by atoms with Gasteiger partial charge in [0.1, 0.15) is 4.21 Å². The summed E-state index contributed by atoms with van der Waals surface area (Å²) >= 11 is 1.37. The van der Waals surface area contributed by atoms with Crippen LogP contribution >= 0.6 is 11.3 Å². The fraction of sp³-hybridized carbons (Fsp3) is 0.692. The first kappa shape index (κ1) is 15.0. The first-order chi connectivity index (χ1) is 9.12. The van der Waals surface area contributed by atoms with Gasteiger partial charge in [-0.05, 0) is 50.9 Å². The van der Waals surface area contributed by atoms with E-state index in [-0.39, 0.29) is 0 Å². The summed E-state index contributed by atoms with van der Waals surface area (Å²) in [6.07, 6.45) is 5.62. The first-order valence-corrected chi connectivity index (χ1v) is 9.15. The second-order valence-electron chi connectivity index (χ2n) is 5.06. The Kier molecular flexibility index (Phi) is 5.38. The normalized spacial score (nSPS) is 15.8. The Bertz CT molecular complexity index is 492. The van der Waals surface area contributed by atoms with Crippen LogP contribution in [-0.4, -0.2) is 28.6 Å². The molecule has 4 nitrogen and oxygen atoms in total. The second kappa shape index (κ2) is 6.83. The standard InChI is InChI=1S/C13H22N2O2S2/c1-14-10-8-12-6-7-13(18-12)19(16,17)15-9-2-3-11-4-5-11/h6-7,11,14-15H,2-5,8-10H2,1H3. The van der Waals surface area contributed by atoms with Crippen molar-refractivity contribution in [3.05, 3.63) is 17.0 Å². The van der Waals surface area contributed by atoms with E-state index in [0.29, 0.717) is 10.8 Å². The minimum absolute atomic E-state index is 0.435. The van der Waals surface area contributed by atoms with E-state index >= 15 is 0 Å². The minimum Gasteiger partial charge on any atom is -0.319 e. The third-order valence-corrected chi connectivity index (χ3v) is 6.40. The van der Waals surface area contributed by atoms with Crippen molar-refractivity contribution in [1.29, 1.82) is 0 Å². The van der Waals surface area contributed by atoms with E-state index in [1.807, 2.05) is 13.1 Å². The monoisotopic (exact) mass is 302 g/mol. The predicted molar refractivity (Wildman–Crippen MR) is 79.1 cm³/mol. The van der Waals surface area contributed by atoms with Crippen molar-refractivity contribution in [3.63, 3.8) is 0 Å². The van der Waals surface area contributed by atoms with Gasteiger partial charge in [-0.3, -0.25) is 0 Å². The molecule has 0 aromatic carbocycles. The lowest BCUT2D eigenvalue weighted by molar-refractivity contribution is 0.574. The van der Waals surface area contributed by atoms with Crippen LogP contribution in [0.4, 0.5) is 0 Å². The van der Waals surface area contributed by atoms with Crippen molar-refractivity contribution in [3.8, 4) is 0 Å². The molecule has 0 saturated heterocycles. The van der Waals surface area contributed by atoms with E-state index in [0.717, 1.165) is 36.6 Å². The van der Waals surface area contributed by atoms with Crippen LogP contribution in [0.5, 0.6) is 0 Å². The van der Waals surface area contributed by atoms with Crippen molar-refractivity contribution in [2.75, 3.05) is 20.1 Å². The molecule has 0 aliphatic heterocycles. The van der Waals surface area contributed by atoms with Gasteiger partial charge in [-0.15, -0.1) is 11.3 Å². The number of nitrogens with one attached hydrogen (secondary N) is 2. The largest absolute Gasteiger partial charge is 0.319 e. The molecule has 0 atom stereocenters. The Morgan fingerprint density at radius 3 is 2.79 bits per heavy atom. The van der Waals surface area contributed by atoms with Crippen LogP contribution in [0, 0.1) is 5.92 Å². The molecule has 6 heteroatoms. The van der Waals surface area contributed by atoms with E-state index in [4.69, 9.17) is 0 Å². The molecule has 1 heterocycles. The van der Waals surface area contributed by atoms with E-state index in [9.17, 15) is 8.42 Å². The molecule has 1 aliphatic carbocycles. The Morgan fingerprint density at radius 1 is 1.32 bits per heavy atom. The number of likely N-dealkylation sites (N-methyl/N-ethyl adjacent to an activating group) is 1. The molecule has 1 aliphatic rings. The van der Waals surface area contributed by atoms with Crippen LogP contribution in [0.25, 0.3) is 0 Å². The second-order valence-corrected chi connectivity index (χ2v) is 8.22. The Balaban J connectivity index is 1.81. The molecule has 0 bridgehead atoms. The van der Waals surface area contributed by atoms with Gasteiger partial charge in [-0.25, -0.2) is 13.1 Å². The molecular formula is C13H22N2O2S2. The molecule has 1 fully saturated rings. The minimum atomic E-state index is -3.29. The topological polar surface area (TPSA) is 58.2 Å².